The third kappa shape index (κ3) is 2.37. The Morgan fingerprint density at radius 1 is 1.42 bits per heavy atom. The van der Waals surface area contributed by atoms with Gasteiger partial charge in [-0.15, -0.1) is 11.6 Å². The molecule has 0 saturated heterocycles. The van der Waals surface area contributed by atoms with Gasteiger partial charge in [0.2, 0.25) is 0 Å². The van der Waals surface area contributed by atoms with Crippen LogP contribution in [0.5, 0.6) is 0 Å². The molecule has 3 heterocycles. The van der Waals surface area contributed by atoms with Crippen molar-refractivity contribution in [3.05, 3.63) is 31.0 Å². The van der Waals surface area contributed by atoms with E-state index in [1.54, 1.807) is 12.5 Å². The number of hydrogen-bond acceptors (Lipinski definition) is 3. The first-order chi connectivity index (χ1) is 9.20. The second-order valence-electron chi connectivity index (χ2n) is 3.98. The Morgan fingerprint density at radius 3 is 3.05 bits per heavy atom. The lowest BCUT2D eigenvalue weighted by Gasteiger charge is -2.04. The van der Waals surface area contributed by atoms with E-state index in [4.69, 9.17) is 11.6 Å². The van der Waals surface area contributed by atoms with Crippen molar-refractivity contribution in [3.8, 4) is 11.3 Å². The van der Waals surface area contributed by atoms with Crippen LogP contribution in [0.3, 0.4) is 0 Å². The molecule has 3 aromatic heterocycles. The minimum Gasteiger partial charge on any atom is -0.317 e. The van der Waals surface area contributed by atoms with Crippen LogP contribution in [-0.2, 0) is 0 Å². The maximum Gasteiger partial charge on any atom is 0.146 e. The lowest BCUT2D eigenvalue weighted by Crippen LogP contribution is -2.02. The largest absolute Gasteiger partial charge is 0.317 e. The van der Waals surface area contributed by atoms with Gasteiger partial charge in [0.25, 0.3) is 0 Å². The molecule has 0 radical (unpaired) electrons. The summed E-state index contributed by atoms with van der Waals surface area (Å²) >= 11 is 8.09. The van der Waals surface area contributed by atoms with Gasteiger partial charge in [-0.3, -0.25) is 4.68 Å². The Labute approximate surface area is 130 Å². The zero-order valence-corrected chi connectivity index (χ0v) is 13.8. The van der Waals surface area contributed by atoms with E-state index in [1.165, 1.54) is 0 Å². The summed E-state index contributed by atoms with van der Waals surface area (Å²) in [7, 11) is 2.61. The van der Waals surface area contributed by atoms with Crippen LogP contribution < -0.4 is 0 Å². The number of aromatic nitrogens is 5. The van der Waals surface area contributed by atoms with E-state index in [1.807, 2.05) is 27.5 Å². The molecule has 3 rings (SSSR count). The van der Waals surface area contributed by atoms with Gasteiger partial charge in [0.15, 0.2) is 0 Å². The van der Waals surface area contributed by atoms with Gasteiger partial charge in [0, 0.05) is 23.3 Å². The minimum atomic E-state index is 0.136. The molecular formula is C11H10ClIN5P. The van der Waals surface area contributed by atoms with Gasteiger partial charge in [-0.2, -0.15) is 5.10 Å². The fraction of sp³-hybridized carbons (Fsp3) is 0.182. The van der Waals surface area contributed by atoms with Gasteiger partial charge in [0.05, 0.1) is 17.8 Å². The van der Waals surface area contributed by atoms with Crippen molar-refractivity contribution in [3.63, 3.8) is 0 Å². The predicted molar refractivity (Wildman–Crippen MR) is 87.6 cm³/mol. The van der Waals surface area contributed by atoms with Gasteiger partial charge >= 0.3 is 0 Å². The summed E-state index contributed by atoms with van der Waals surface area (Å²) in [6, 6.07) is 2.00. The van der Waals surface area contributed by atoms with Crippen LogP contribution in [0, 0.1) is 0 Å². The Bertz CT molecular complexity index is 725. The number of alkyl halides is 2. The SMILES string of the molecule is Pn1ccc2c(-c3cnn(C(I)CCl)c3)ncnc21. The highest BCUT2D eigenvalue weighted by Crippen LogP contribution is 2.28. The zero-order chi connectivity index (χ0) is 13.4. The van der Waals surface area contributed by atoms with Crippen molar-refractivity contribution in [2.45, 2.75) is 4.05 Å². The molecule has 2 unspecified atom stereocenters. The maximum absolute atomic E-state index is 5.84. The van der Waals surface area contributed by atoms with Crippen LogP contribution in [0.2, 0.25) is 0 Å². The molecule has 0 aromatic carbocycles. The van der Waals surface area contributed by atoms with Gasteiger partial charge in [-0.05, 0) is 15.5 Å². The molecule has 19 heavy (non-hydrogen) atoms. The first-order valence-corrected chi connectivity index (χ1v) is 7.82. The number of hydrogen-bond donors (Lipinski definition) is 0. The van der Waals surface area contributed by atoms with E-state index in [9.17, 15) is 0 Å². The molecule has 0 aliphatic heterocycles. The van der Waals surface area contributed by atoms with Gasteiger partial charge in [-0.25, -0.2) is 9.97 Å². The zero-order valence-electron chi connectivity index (χ0n) is 9.74. The van der Waals surface area contributed by atoms with Crippen molar-refractivity contribution in [2.75, 3.05) is 5.88 Å². The van der Waals surface area contributed by atoms with Crippen LogP contribution in [0.4, 0.5) is 0 Å². The summed E-state index contributed by atoms with van der Waals surface area (Å²) in [5.74, 6) is 0.517. The summed E-state index contributed by atoms with van der Waals surface area (Å²) in [6.45, 7) is 0. The van der Waals surface area contributed by atoms with Crippen molar-refractivity contribution in [1.29, 1.82) is 0 Å². The number of nitrogens with zero attached hydrogens (tertiary/aromatic N) is 5. The predicted octanol–water partition coefficient (Wildman–Crippen LogP) is 3.11. The highest BCUT2D eigenvalue weighted by molar-refractivity contribution is 14.1. The fourth-order valence-electron chi connectivity index (χ4n) is 1.89. The standard InChI is InChI=1S/C11H10ClIN5P/c12-3-9(13)17-5-7(4-16-17)10-8-1-2-18(19)11(8)15-6-14-10/h1-2,4-6,9H,3,19H2. The van der Waals surface area contributed by atoms with Crippen molar-refractivity contribution < 1.29 is 0 Å². The topological polar surface area (TPSA) is 48.5 Å². The molecule has 0 aliphatic rings. The number of rotatable bonds is 3. The maximum atomic E-state index is 5.84. The Hall–Kier alpha value is -0.720. The minimum absolute atomic E-state index is 0.136. The second kappa shape index (κ2) is 5.34. The van der Waals surface area contributed by atoms with E-state index in [2.05, 4.69) is 47.0 Å². The van der Waals surface area contributed by atoms with Gasteiger partial charge < -0.3 is 4.34 Å². The molecule has 0 aliphatic carbocycles. The molecule has 0 fully saturated rings. The van der Waals surface area contributed by atoms with Crippen molar-refractivity contribution in [2.24, 2.45) is 0 Å². The summed E-state index contributed by atoms with van der Waals surface area (Å²) in [6.07, 6.45) is 7.28. The Kier molecular flexibility index (Phi) is 3.73. The quantitative estimate of drug-likeness (QED) is 0.382. The van der Waals surface area contributed by atoms with Crippen LogP contribution in [-0.4, -0.2) is 30.0 Å². The van der Waals surface area contributed by atoms with Crippen LogP contribution >= 0.6 is 43.6 Å². The summed E-state index contributed by atoms with van der Waals surface area (Å²) in [5, 5.41) is 5.34. The third-order valence-electron chi connectivity index (χ3n) is 2.80. The summed E-state index contributed by atoms with van der Waals surface area (Å²) in [5.41, 5.74) is 2.73. The number of halogens is 2. The molecule has 3 aromatic rings. The molecule has 98 valence electrons. The van der Waals surface area contributed by atoms with Crippen LogP contribution in [0.1, 0.15) is 4.05 Å². The molecule has 0 bridgehead atoms. The number of fused-ring (bicyclic) bond motifs is 1. The Balaban J connectivity index is 2.11. The third-order valence-corrected chi connectivity index (χ3v) is 5.04. The van der Waals surface area contributed by atoms with E-state index in [-0.39, 0.29) is 4.05 Å². The normalized spacial score (nSPS) is 13.0. The monoisotopic (exact) mass is 405 g/mol. The smallest absolute Gasteiger partial charge is 0.146 e. The van der Waals surface area contributed by atoms with E-state index in [0.29, 0.717) is 5.88 Å². The molecule has 5 nitrogen and oxygen atoms in total. The second-order valence-corrected chi connectivity index (χ2v) is 6.28. The molecule has 0 spiro atoms. The molecule has 0 N–H and O–H groups in total. The molecule has 2 atom stereocenters. The van der Waals surface area contributed by atoms with Crippen molar-refractivity contribution in [1.82, 2.24) is 24.1 Å². The van der Waals surface area contributed by atoms with Crippen LogP contribution in [0.15, 0.2) is 31.0 Å². The molecular weight excluding hydrogens is 395 g/mol. The molecule has 0 saturated carbocycles. The average molecular weight is 406 g/mol. The fourth-order valence-corrected chi connectivity index (χ4v) is 2.62. The highest BCUT2D eigenvalue weighted by atomic mass is 127. The summed E-state index contributed by atoms with van der Waals surface area (Å²) in [4.78, 5) is 8.63. The molecule has 0 amide bonds. The van der Waals surface area contributed by atoms with Gasteiger partial charge in [0.1, 0.15) is 16.0 Å². The molecule has 8 heteroatoms. The average Bonchev–Trinajstić information content (AvgIpc) is 3.05. The van der Waals surface area contributed by atoms with E-state index >= 15 is 0 Å². The first-order valence-electron chi connectivity index (χ1n) is 5.52. The summed E-state index contributed by atoms with van der Waals surface area (Å²) < 4.78 is 3.87. The lowest BCUT2D eigenvalue weighted by atomic mass is 10.2. The van der Waals surface area contributed by atoms with Crippen molar-refractivity contribution >= 4 is 54.6 Å². The van der Waals surface area contributed by atoms with E-state index in [0.717, 1.165) is 22.3 Å². The van der Waals surface area contributed by atoms with E-state index < -0.39 is 0 Å². The first kappa shape index (κ1) is 13.3. The van der Waals surface area contributed by atoms with Crippen LogP contribution in [0.25, 0.3) is 22.3 Å². The Morgan fingerprint density at radius 2 is 2.26 bits per heavy atom. The van der Waals surface area contributed by atoms with Gasteiger partial charge in [-0.1, -0.05) is 22.6 Å². The highest BCUT2D eigenvalue weighted by Gasteiger charge is 2.12. The lowest BCUT2D eigenvalue weighted by molar-refractivity contribution is 0.669.